The number of nitrogens with one attached hydrogen (secondary N) is 1. The Morgan fingerprint density at radius 3 is 2.93 bits per heavy atom. The van der Waals surface area contributed by atoms with Gasteiger partial charge in [0.15, 0.2) is 0 Å². The molecule has 0 saturated carbocycles. The van der Waals surface area contributed by atoms with Crippen molar-refractivity contribution < 1.29 is 4.39 Å². The topological polar surface area (TPSA) is 15.8 Å². The lowest BCUT2D eigenvalue weighted by Crippen LogP contribution is -2.12. The molecule has 0 saturated heterocycles. The second-order valence-corrected chi connectivity index (χ2v) is 5.05. The maximum absolute atomic E-state index is 13.2. The Balaban J connectivity index is 2.36. The predicted molar refractivity (Wildman–Crippen MR) is 59.6 cm³/mol. The Kier molecular flexibility index (Phi) is 1.57. The van der Waals surface area contributed by atoms with Crippen molar-refractivity contribution in [2.24, 2.45) is 0 Å². The molecule has 1 aromatic heterocycles. The summed E-state index contributed by atoms with van der Waals surface area (Å²) in [6.45, 7) is 4.48. The van der Waals surface area contributed by atoms with Gasteiger partial charge in [0.1, 0.15) is 5.82 Å². The number of halogens is 1. The van der Waals surface area contributed by atoms with Crippen LogP contribution in [0.25, 0.3) is 10.9 Å². The lowest BCUT2D eigenvalue weighted by atomic mass is 9.91. The summed E-state index contributed by atoms with van der Waals surface area (Å²) in [6, 6.07) is 4.99. The standard InChI is InChI=1S/C13H14FN/c1-13(2)6-5-9-10-7-8(14)3-4-11(10)15-12(9)13/h3-4,7,15H,5-6H2,1-2H3. The summed E-state index contributed by atoms with van der Waals surface area (Å²) in [5.41, 5.74) is 3.89. The van der Waals surface area contributed by atoms with Crippen molar-refractivity contribution in [2.75, 3.05) is 0 Å². The molecule has 0 fully saturated rings. The van der Waals surface area contributed by atoms with Crippen molar-refractivity contribution in [1.82, 2.24) is 4.98 Å². The SMILES string of the molecule is CC1(C)CCc2c1[nH]c1ccc(F)cc21. The number of benzene rings is 1. The van der Waals surface area contributed by atoms with Crippen LogP contribution in [0.3, 0.4) is 0 Å². The Morgan fingerprint density at radius 2 is 2.13 bits per heavy atom. The summed E-state index contributed by atoms with van der Waals surface area (Å²) >= 11 is 0. The van der Waals surface area contributed by atoms with Gasteiger partial charge in [-0.3, -0.25) is 0 Å². The highest BCUT2D eigenvalue weighted by Gasteiger charge is 2.32. The van der Waals surface area contributed by atoms with E-state index in [1.54, 1.807) is 6.07 Å². The molecule has 0 spiro atoms. The van der Waals surface area contributed by atoms with E-state index in [4.69, 9.17) is 0 Å². The van der Waals surface area contributed by atoms with Crippen LogP contribution in [0.15, 0.2) is 18.2 Å². The van der Waals surface area contributed by atoms with Gasteiger partial charge in [-0.1, -0.05) is 13.8 Å². The van der Waals surface area contributed by atoms with E-state index in [0.717, 1.165) is 23.7 Å². The lowest BCUT2D eigenvalue weighted by molar-refractivity contribution is 0.510. The molecule has 0 aliphatic heterocycles. The number of hydrogen-bond acceptors (Lipinski definition) is 0. The van der Waals surface area contributed by atoms with Crippen molar-refractivity contribution in [1.29, 1.82) is 0 Å². The fourth-order valence-electron chi connectivity index (χ4n) is 2.62. The number of aromatic amines is 1. The van der Waals surface area contributed by atoms with E-state index >= 15 is 0 Å². The van der Waals surface area contributed by atoms with Crippen LogP contribution < -0.4 is 0 Å². The first-order chi connectivity index (χ1) is 7.08. The second kappa shape index (κ2) is 2.63. The number of fused-ring (bicyclic) bond motifs is 3. The molecule has 1 aliphatic rings. The zero-order valence-corrected chi connectivity index (χ0v) is 9.02. The molecular formula is C13H14FN. The Labute approximate surface area is 88.3 Å². The molecule has 1 N–H and O–H groups in total. The Morgan fingerprint density at radius 1 is 1.33 bits per heavy atom. The monoisotopic (exact) mass is 203 g/mol. The molecule has 1 aliphatic carbocycles. The third-order valence-corrected chi connectivity index (χ3v) is 3.54. The third kappa shape index (κ3) is 1.14. The molecule has 0 atom stereocenters. The van der Waals surface area contributed by atoms with Crippen LogP contribution in [-0.4, -0.2) is 4.98 Å². The Hall–Kier alpha value is -1.31. The molecule has 1 heterocycles. The van der Waals surface area contributed by atoms with Crippen LogP contribution in [0.2, 0.25) is 0 Å². The fraction of sp³-hybridized carbons (Fsp3) is 0.385. The molecule has 0 amide bonds. The first-order valence-electron chi connectivity index (χ1n) is 5.38. The Bertz CT molecular complexity index is 537. The molecule has 0 unspecified atom stereocenters. The maximum Gasteiger partial charge on any atom is 0.123 e. The van der Waals surface area contributed by atoms with E-state index in [0.29, 0.717) is 0 Å². The highest BCUT2D eigenvalue weighted by atomic mass is 19.1. The average Bonchev–Trinajstić information content (AvgIpc) is 2.66. The van der Waals surface area contributed by atoms with Gasteiger partial charge in [0.2, 0.25) is 0 Å². The smallest absolute Gasteiger partial charge is 0.123 e. The van der Waals surface area contributed by atoms with E-state index in [-0.39, 0.29) is 11.2 Å². The number of rotatable bonds is 0. The van der Waals surface area contributed by atoms with Crippen molar-refractivity contribution in [2.45, 2.75) is 32.1 Å². The van der Waals surface area contributed by atoms with Crippen LogP contribution in [0, 0.1) is 5.82 Å². The van der Waals surface area contributed by atoms with E-state index < -0.39 is 0 Å². The summed E-state index contributed by atoms with van der Waals surface area (Å²) in [5.74, 6) is -0.144. The van der Waals surface area contributed by atoms with Crippen LogP contribution in [-0.2, 0) is 11.8 Å². The maximum atomic E-state index is 13.2. The van der Waals surface area contributed by atoms with Crippen LogP contribution >= 0.6 is 0 Å². The molecule has 3 rings (SSSR count). The minimum atomic E-state index is -0.144. The predicted octanol–water partition coefficient (Wildman–Crippen LogP) is 3.53. The quantitative estimate of drug-likeness (QED) is 0.674. The van der Waals surface area contributed by atoms with E-state index in [9.17, 15) is 4.39 Å². The molecule has 2 heteroatoms. The van der Waals surface area contributed by atoms with E-state index in [1.165, 1.54) is 17.3 Å². The molecule has 1 aromatic carbocycles. The van der Waals surface area contributed by atoms with Crippen LogP contribution in [0.5, 0.6) is 0 Å². The van der Waals surface area contributed by atoms with Gasteiger partial charge in [0, 0.05) is 22.0 Å². The highest BCUT2D eigenvalue weighted by Crippen LogP contribution is 2.41. The van der Waals surface area contributed by atoms with Crippen molar-refractivity contribution in [3.8, 4) is 0 Å². The normalized spacial score (nSPS) is 18.3. The van der Waals surface area contributed by atoms with Crippen molar-refractivity contribution in [3.05, 3.63) is 35.3 Å². The molecule has 1 nitrogen and oxygen atoms in total. The number of hydrogen-bond donors (Lipinski definition) is 1. The summed E-state index contributed by atoms with van der Waals surface area (Å²) in [6.07, 6.45) is 2.21. The molecule has 15 heavy (non-hydrogen) atoms. The van der Waals surface area contributed by atoms with Gasteiger partial charge < -0.3 is 4.98 Å². The lowest BCUT2D eigenvalue weighted by Gasteiger charge is -2.16. The van der Waals surface area contributed by atoms with Crippen molar-refractivity contribution >= 4 is 10.9 Å². The van der Waals surface area contributed by atoms with Gasteiger partial charge in [-0.2, -0.15) is 0 Å². The van der Waals surface area contributed by atoms with Gasteiger partial charge in [0.25, 0.3) is 0 Å². The third-order valence-electron chi connectivity index (χ3n) is 3.54. The summed E-state index contributed by atoms with van der Waals surface area (Å²) in [7, 11) is 0. The van der Waals surface area contributed by atoms with Crippen LogP contribution in [0.4, 0.5) is 4.39 Å². The summed E-state index contributed by atoms with van der Waals surface area (Å²) < 4.78 is 13.2. The van der Waals surface area contributed by atoms with E-state index in [1.807, 2.05) is 6.07 Å². The minimum Gasteiger partial charge on any atom is -0.358 e. The van der Waals surface area contributed by atoms with Crippen molar-refractivity contribution in [3.63, 3.8) is 0 Å². The van der Waals surface area contributed by atoms with Gasteiger partial charge in [-0.25, -0.2) is 4.39 Å². The molecule has 0 radical (unpaired) electrons. The molecule has 78 valence electrons. The van der Waals surface area contributed by atoms with Crippen LogP contribution in [0.1, 0.15) is 31.5 Å². The first-order valence-corrected chi connectivity index (χ1v) is 5.38. The number of aryl methyl sites for hydroxylation is 1. The highest BCUT2D eigenvalue weighted by molar-refractivity contribution is 5.85. The largest absolute Gasteiger partial charge is 0.358 e. The number of H-pyrrole nitrogens is 1. The number of aromatic nitrogens is 1. The summed E-state index contributed by atoms with van der Waals surface area (Å²) in [5, 5.41) is 1.07. The average molecular weight is 203 g/mol. The molecular weight excluding hydrogens is 189 g/mol. The molecule has 0 bridgehead atoms. The van der Waals surface area contributed by atoms with Gasteiger partial charge in [-0.15, -0.1) is 0 Å². The van der Waals surface area contributed by atoms with Gasteiger partial charge in [-0.05, 0) is 36.6 Å². The minimum absolute atomic E-state index is 0.144. The zero-order valence-electron chi connectivity index (χ0n) is 9.02. The fourth-order valence-corrected chi connectivity index (χ4v) is 2.62. The summed E-state index contributed by atoms with van der Waals surface area (Å²) in [4.78, 5) is 3.43. The van der Waals surface area contributed by atoms with Gasteiger partial charge in [0.05, 0.1) is 0 Å². The molecule has 2 aromatic rings. The van der Waals surface area contributed by atoms with Gasteiger partial charge >= 0.3 is 0 Å². The second-order valence-electron chi connectivity index (χ2n) is 5.05. The zero-order chi connectivity index (χ0) is 10.6. The van der Waals surface area contributed by atoms with E-state index in [2.05, 4.69) is 18.8 Å². The first kappa shape index (κ1) is 8.96.